The zero-order chi connectivity index (χ0) is 24.3. The predicted octanol–water partition coefficient (Wildman–Crippen LogP) is -2.81. The molecule has 0 spiro atoms. The van der Waals surface area contributed by atoms with Crippen molar-refractivity contribution in [3.05, 3.63) is 0 Å². The topological polar surface area (TPSA) is 161 Å². The van der Waals surface area contributed by atoms with Crippen LogP contribution in [0.5, 0.6) is 0 Å². The first-order valence-corrected chi connectivity index (χ1v) is 4.90. The van der Waals surface area contributed by atoms with Crippen LogP contribution in [0.1, 0.15) is 0 Å². The van der Waals surface area contributed by atoms with Crippen LogP contribution in [-0.2, 0) is 39.0 Å². The second-order valence-corrected chi connectivity index (χ2v) is 3.14. The van der Waals surface area contributed by atoms with Gasteiger partial charge in [-0.05, 0) is 0 Å². The molecule has 0 heterocycles. The fraction of sp³-hybridized carbons (Fsp3) is 0.500. The van der Waals surface area contributed by atoms with E-state index in [1.807, 2.05) is 0 Å². The van der Waals surface area contributed by atoms with Gasteiger partial charge in [0.15, 0.2) is 0 Å². The van der Waals surface area contributed by atoms with Crippen LogP contribution >= 0.6 is 0 Å². The number of carboxylic acid groups (broad SMARTS) is 4. The van der Waals surface area contributed by atoms with Crippen molar-refractivity contribution >= 4 is 23.9 Å². The Bertz CT molecular complexity index is 436. The quantitative estimate of drug-likeness (QED) is 0.256. The summed E-state index contributed by atoms with van der Waals surface area (Å²) in [6.45, 7) is 0. The van der Waals surface area contributed by atoms with E-state index < -0.39 is 48.6 Å². The van der Waals surface area contributed by atoms with E-state index in [4.69, 9.17) is 39.6 Å². The molecule has 0 amide bonds. The number of carbonyl (C=O) groups is 4. The van der Waals surface area contributed by atoms with Crippen LogP contribution in [-0.4, -0.2) is 48.6 Å². The third-order valence-corrected chi connectivity index (χ3v) is 0.926. The Morgan fingerprint density at radius 2 is 0.414 bits per heavy atom. The van der Waals surface area contributed by atoms with Gasteiger partial charge in [-0.15, -0.1) is 0 Å². The summed E-state index contributed by atoms with van der Waals surface area (Å²) >= 11 is 0. The monoisotopic (exact) mass is 644 g/mol. The summed E-state index contributed by atoms with van der Waals surface area (Å²) < 4.78 is 126. The molecule has 0 bridgehead atoms. The number of alkyl halides is 12. The summed E-state index contributed by atoms with van der Waals surface area (Å²) in [6.07, 6.45) is -20.8. The maximum Gasteiger partial charge on any atom is 4.00 e. The minimum Gasteiger partial charge on any atom is -0.542 e. The van der Waals surface area contributed by atoms with Crippen molar-refractivity contribution in [1.29, 1.82) is 0 Å². The molecule has 0 unspecified atom stereocenters. The average Bonchev–Trinajstić information content (AvgIpc) is 2.35. The zero-order valence-electron chi connectivity index (χ0n) is 12.2. The molecule has 0 saturated carbocycles. The maximum atomic E-state index is 10.5. The molecule has 0 aliphatic rings. The molecule has 0 saturated heterocycles. The fourth-order valence-electron chi connectivity index (χ4n) is 0. The van der Waals surface area contributed by atoms with E-state index in [0.717, 1.165) is 0 Å². The number of carboxylic acids is 4. The van der Waals surface area contributed by atoms with E-state index >= 15 is 0 Å². The largest absolute Gasteiger partial charge is 4.00 e. The maximum absolute atomic E-state index is 10.5. The van der Waals surface area contributed by atoms with E-state index in [9.17, 15) is 52.7 Å². The van der Waals surface area contributed by atoms with Gasteiger partial charge in [0.2, 0.25) is 0 Å². The molecule has 29 heavy (non-hydrogen) atoms. The molecule has 0 aliphatic carbocycles. The van der Waals surface area contributed by atoms with Gasteiger partial charge >= 0.3 is 44.5 Å². The first-order chi connectivity index (χ1) is 11.8. The van der Waals surface area contributed by atoms with Gasteiger partial charge in [-0.2, -0.15) is 52.7 Å². The van der Waals surface area contributed by atoms with Gasteiger partial charge in [-0.25, -0.2) is 0 Å². The molecule has 0 atom stereocenters. The van der Waals surface area contributed by atoms with Crippen molar-refractivity contribution in [3.63, 3.8) is 0 Å². The number of aliphatic carboxylic acids is 4. The Kier molecular flexibility index (Phi) is 17.8. The molecule has 0 aromatic carbocycles. The molecular formula is C8F12O8Os. The Morgan fingerprint density at radius 3 is 0.414 bits per heavy atom. The van der Waals surface area contributed by atoms with Crippen molar-refractivity contribution in [1.82, 2.24) is 0 Å². The van der Waals surface area contributed by atoms with Crippen molar-refractivity contribution in [2.24, 2.45) is 0 Å². The smallest absolute Gasteiger partial charge is 0.542 e. The predicted molar refractivity (Wildman–Crippen MR) is 44.2 cm³/mol. The van der Waals surface area contributed by atoms with Crippen LogP contribution in [0.15, 0.2) is 0 Å². The van der Waals surface area contributed by atoms with E-state index in [-0.39, 0.29) is 19.8 Å². The number of halogens is 12. The summed E-state index contributed by atoms with van der Waals surface area (Å²) in [4.78, 5) is 35.1. The van der Waals surface area contributed by atoms with Gasteiger partial charge in [0, 0.05) is 0 Å². The van der Waals surface area contributed by atoms with Crippen LogP contribution in [0.2, 0.25) is 0 Å². The molecule has 0 rings (SSSR count). The molecule has 0 radical (unpaired) electrons. The van der Waals surface area contributed by atoms with E-state index in [1.165, 1.54) is 0 Å². The molecule has 0 aromatic heterocycles. The molecule has 0 fully saturated rings. The average molecular weight is 642 g/mol. The molecule has 0 aliphatic heterocycles. The van der Waals surface area contributed by atoms with E-state index in [1.54, 1.807) is 0 Å². The first kappa shape index (κ1) is 37.4. The van der Waals surface area contributed by atoms with Crippen LogP contribution in [0.3, 0.4) is 0 Å². The van der Waals surface area contributed by atoms with Crippen LogP contribution < -0.4 is 20.4 Å². The van der Waals surface area contributed by atoms with Gasteiger partial charge < -0.3 is 39.6 Å². The number of hydrogen-bond acceptors (Lipinski definition) is 8. The van der Waals surface area contributed by atoms with Crippen LogP contribution in [0, 0.1) is 0 Å². The van der Waals surface area contributed by atoms with Gasteiger partial charge in [-0.1, -0.05) is 0 Å². The molecule has 172 valence electrons. The number of rotatable bonds is 0. The normalized spacial score (nSPS) is 10.9. The van der Waals surface area contributed by atoms with Crippen molar-refractivity contribution in [2.45, 2.75) is 24.7 Å². The van der Waals surface area contributed by atoms with Crippen molar-refractivity contribution < 1.29 is 112 Å². The first-order valence-electron chi connectivity index (χ1n) is 4.90. The molecule has 0 N–H and O–H groups in total. The van der Waals surface area contributed by atoms with Gasteiger partial charge in [0.1, 0.15) is 23.9 Å². The summed E-state index contributed by atoms with van der Waals surface area (Å²) in [6, 6.07) is 0. The SMILES string of the molecule is O=C([O-])C(F)(F)F.O=C([O-])C(F)(F)F.O=C([O-])C(F)(F)F.O=C([O-])C(F)(F)F.[Os+4]. The van der Waals surface area contributed by atoms with Crippen LogP contribution in [0.25, 0.3) is 0 Å². The Balaban J connectivity index is -0.0000000873. The third-order valence-electron chi connectivity index (χ3n) is 0.926. The molecule has 0 aromatic rings. The Morgan fingerprint density at radius 1 is 0.379 bits per heavy atom. The fourth-order valence-corrected chi connectivity index (χ4v) is 0. The van der Waals surface area contributed by atoms with Crippen LogP contribution in [0.4, 0.5) is 52.7 Å². The third kappa shape index (κ3) is 30.6. The second kappa shape index (κ2) is 13.8. The van der Waals surface area contributed by atoms with E-state index in [2.05, 4.69) is 0 Å². The number of carbonyl (C=O) groups excluding carboxylic acids is 4. The minimum absolute atomic E-state index is 0. The Labute approximate surface area is 161 Å². The van der Waals surface area contributed by atoms with Gasteiger partial charge in [-0.3, -0.25) is 0 Å². The van der Waals surface area contributed by atoms with E-state index in [0.29, 0.717) is 0 Å². The Hall–Kier alpha value is -2.32. The summed E-state index contributed by atoms with van der Waals surface area (Å²) in [7, 11) is 0. The van der Waals surface area contributed by atoms with Gasteiger partial charge in [0.25, 0.3) is 0 Å². The summed E-state index contributed by atoms with van der Waals surface area (Å²) in [5, 5.41) is 35.1. The molecule has 8 nitrogen and oxygen atoms in total. The van der Waals surface area contributed by atoms with Gasteiger partial charge in [0.05, 0.1) is 0 Å². The second-order valence-electron chi connectivity index (χ2n) is 3.14. The molecular weight excluding hydrogens is 642 g/mol. The zero-order valence-corrected chi connectivity index (χ0v) is 14.7. The van der Waals surface area contributed by atoms with Crippen molar-refractivity contribution in [3.8, 4) is 0 Å². The minimum atomic E-state index is -5.19. The standard InChI is InChI=1S/4C2HF3O2.Os/c4*3-2(4,5)1(6)7;/h4*(H,6,7);/q;;;;+4/p-4. The molecule has 21 heteroatoms. The number of hydrogen-bond donors (Lipinski definition) is 0. The summed E-state index contributed by atoms with van der Waals surface area (Å²) in [5.74, 6) is -12.0. The summed E-state index contributed by atoms with van der Waals surface area (Å²) in [5.41, 5.74) is 0. The van der Waals surface area contributed by atoms with Crippen molar-refractivity contribution in [2.75, 3.05) is 0 Å².